The molecule has 0 bridgehead atoms. The van der Waals surface area contributed by atoms with Crippen LogP contribution in [0.5, 0.6) is 0 Å². The molecule has 0 amide bonds. The zero-order chi connectivity index (χ0) is 25.7. The molecule has 0 aliphatic carbocycles. The van der Waals surface area contributed by atoms with E-state index in [1.807, 2.05) is 30.3 Å². The van der Waals surface area contributed by atoms with Crippen LogP contribution in [0, 0.1) is 0 Å². The Kier molecular flexibility index (Phi) is 7.82. The predicted molar refractivity (Wildman–Crippen MR) is 134 cm³/mol. The first-order chi connectivity index (χ1) is 17.4. The summed E-state index contributed by atoms with van der Waals surface area (Å²) in [5.74, 6) is -0.663. The van der Waals surface area contributed by atoms with Gasteiger partial charge in [-0.3, -0.25) is 14.4 Å². The van der Waals surface area contributed by atoms with Gasteiger partial charge in [0.1, 0.15) is 0 Å². The van der Waals surface area contributed by atoms with Gasteiger partial charge in [0, 0.05) is 40.1 Å². The quantitative estimate of drug-likeness (QED) is 0.323. The number of nitrogens with zero attached hydrogens (tertiary/aromatic N) is 1. The van der Waals surface area contributed by atoms with Crippen LogP contribution in [0.15, 0.2) is 63.9 Å². The summed E-state index contributed by atoms with van der Waals surface area (Å²) in [5.41, 5.74) is 2.58. The number of nitrogens with one attached hydrogen (secondary N) is 2. The van der Waals surface area contributed by atoms with Gasteiger partial charge in [-0.1, -0.05) is 47.1 Å². The van der Waals surface area contributed by atoms with E-state index in [4.69, 9.17) is 25.6 Å². The lowest BCUT2D eigenvalue weighted by atomic mass is 9.95. The van der Waals surface area contributed by atoms with Crippen molar-refractivity contribution in [1.29, 1.82) is 0 Å². The lowest BCUT2D eigenvalue weighted by molar-refractivity contribution is -0.143. The number of H-pyrrole nitrogens is 1. The van der Waals surface area contributed by atoms with Crippen molar-refractivity contribution in [1.82, 2.24) is 15.5 Å². The van der Waals surface area contributed by atoms with Crippen LogP contribution >= 0.6 is 11.6 Å². The molecule has 2 heterocycles. The topological polar surface area (TPSA) is 124 Å². The number of aromatic amines is 1. The highest BCUT2D eigenvalue weighted by Gasteiger charge is 2.22. The van der Waals surface area contributed by atoms with Crippen molar-refractivity contribution in [3.63, 3.8) is 0 Å². The average molecular weight is 510 g/mol. The lowest BCUT2D eigenvalue weighted by Crippen LogP contribution is -2.34. The summed E-state index contributed by atoms with van der Waals surface area (Å²) >= 11 is 6.28. The van der Waals surface area contributed by atoms with E-state index in [-0.39, 0.29) is 30.7 Å². The molecule has 4 rings (SSSR count). The smallest absolute Gasteiger partial charge is 0.307 e. The summed E-state index contributed by atoms with van der Waals surface area (Å²) in [4.78, 5) is 39.6. The number of carbonyl (C=O) groups excluding carboxylic acids is 2. The van der Waals surface area contributed by atoms with E-state index >= 15 is 0 Å². The van der Waals surface area contributed by atoms with Gasteiger partial charge in [0.25, 0.3) is 5.56 Å². The number of hydrogen-bond donors (Lipinski definition) is 2. The molecule has 2 aromatic carbocycles. The molecule has 0 atom stereocenters. The molecular weight excluding hydrogens is 486 g/mol. The summed E-state index contributed by atoms with van der Waals surface area (Å²) in [6, 6.07) is 15.8. The number of carbonyl (C=O) groups is 2. The molecule has 2 aromatic heterocycles. The fourth-order valence-corrected chi connectivity index (χ4v) is 4.12. The molecule has 0 spiro atoms. The van der Waals surface area contributed by atoms with Crippen molar-refractivity contribution in [2.45, 2.75) is 25.4 Å². The SMILES string of the molecule is COC(=O)CC(CC(=O)OC)NCc1cc(-c2c(-c3ccccc3)c3cc(Cl)ccc3[nH]c2=O)on1. The van der Waals surface area contributed by atoms with Gasteiger partial charge in [0.2, 0.25) is 0 Å². The van der Waals surface area contributed by atoms with E-state index in [0.29, 0.717) is 27.4 Å². The van der Waals surface area contributed by atoms with Gasteiger partial charge in [-0.2, -0.15) is 0 Å². The number of aromatic nitrogens is 2. The Morgan fingerprint density at radius 1 is 1.03 bits per heavy atom. The lowest BCUT2D eigenvalue weighted by Gasteiger charge is -2.15. The Balaban J connectivity index is 1.69. The second-order valence-electron chi connectivity index (χ2n) is 8.08. The maximum absolute atomic E-state index is 13.2. The number of ether oxygens (including phenoxy) is 2. The van der Waals surface area contributed by atoms with Gasteiger partial charge < -0.3 is 24.3 Å². The molecule has 0 aliphatic rings. The third-order valence-corrected chi connectivity index (χ3v) is 5.93. The van der Waals surface area contributed by atoms with Gasteiger partial charge >= 0.3 is 11.9 Å². The zero-order valence-electron chi connectivity index (χ0n) is 19.7. The second kappa shape index (κ2) is 11.2. The predicted octanol–water partition coefficient (Wildman–Crippen LogP) is 4.09. The van der Waals surface area contributed by atoms with Crippen LogP contribution in [0.25, 0.3) is 33.4 Å². The number of rotatable bonds is 9. The molecule has 0 saturated heterocycles. The average Bonchev–Trinajstić information content (AvgIpc) is 3.35. The third kappa shape index (κ3) is 5.64. The first-order valence-electron chi connectivity index (χ1n) is 11.1. The van der Waals surface area contributed by atoms with Gasteiger partial charge in [0.05, 0.1) is 38.3 Å². The number of pyridine rings is 1. The summed E-state index contributed by atoms with van der Waals surface area (Å²) in [5, 5.41) is 8.48. The molecule has 10 heteroatoms. The van der Waals surface area contributed by atoms with E-state index in [1.165, 1.54) is 14.2 Å². The summed E-state index contributed by atoms with van der Waals surface area (Å²) in [7, 11) is 2.56. The zero-order valence-corrected chi connectivity index (χ0v) is 20.4. The first-order valence-corrected chi connectivity index (χ1v) is 11.5. The van der Waals surface area contributed by atoms with E-state index in [0.717, 1.165) is 10.9 Å². The monoisotopic (exact) mass is 509 g/mol. The van der Waals surface area contributed by atoms with Crippen molar-refractivity contribution in [2.24, 2.45) is 0 Å². The highest BCUT2D eigenvalue weighted by Crippen LogP contribution is 2.36. The summed E-state index contributed by atoms with van der Waals surface area (Å²) in [6.45, 7) is 0.181. The van der Waals surface area contributed by atoms with Crippen LogP contribution in [0.1, 0.15) is 18.5 Å². The minimum Gasteiger partial charge on any atom is -0.469 e. The van der Waals surface area contributed by atoms with E-state index in [2.05, 4.69) is 15.5 Å². The Morgan fingerprint density at radius 3 is 2.39 bits per heavy atom. The van der Waals surface area contributed by atoms with Gasteiger partial charge in [-0.25, -0.2) is 0 Å². The molecule has 0 fully saturated rings. The molecule has 4 aromatic rings. The van der Waals surface area contributed by atoms with E-state index in [9.17, 15) is 14.4 Å². The standard InChI is InChI=1S/C26H24ClN3O6/c1-34-22(31)12-17(13-23(32)35-2)28-14-18-11-21(36-30-18)25-24(15-6-4-3-5-7-15)19-10-16(27)8-9-20(19)29-26(25)33/h3-11,17,28H,12-14H2,1-2H3,(H,29,33). The van der Waals surface area contributed by atoms with Gasteiger partial charge in [0.15, 0.2) is 5.76 Å². The maximum Gasteiger partial charge on any atom is 0.307 e. The number of methoxy groups -OCH3 is 2. The highest BCUT2D eigenvalue weighted by molar-refractivity contribution is 6.31. The minimum atomic E-state index is -0.531. The fourth-order valence-electron chi connectivity index (χ4n) is 3.95. The Bertz CT molecular complexity index is 1430. The number of hydrogen-bond acceptors (Lipinski definition) is 8. The Morgan fingerprint density at radius 2 is 1.72 bits per heavy atom. The Hall–Kier alpha value is -3.95. The van der Waals surface area contributed by atoms with Crippen LogP contribution < -0.4 is 10.9 Å². The molecule has 0 unspecified atom stereocenters. The molecule has 9 nitrogen and oxygen atoms in total. The molecule has 0 saturated carbocycles. The van der Waals surface area contributed by atoms with Crippen LogP contribution in [0.3, 0.4) is 0 Å². The number of esters is 2. The third-order valence-electron chi connectivity index (χ3n) is 5.70. The Labute approximate surface area is 211 Å². The minimum absolute atomic E-state index is 0.0282. The van der Waals surface area contributed by atoms with Crippen molar-refractivity contribution in [3.05, 3.63) is 75.7 Å². The van der Waals surface area contributed by atoms with Gasteiger partial charge in [-0.15, -0.1) is 0 Å². The van der Waals surface area contributed by atoms with Crippen molar-refractivity contribution < 1.29 is 23.6 Å². The summed E-state index contributed by atoms with van der Waals surface area (Å²) < 4.78 is 15.0. The molecule has 0 aliphatic heterocycles. The molecular formula is C26H24ClN3O6. The van der Waals surface area contributed by atoms with E-state index in [1.54, 1.807) is 24.3 Å². The normalized spacial score (nSPS) is 11.1. The molecule has 36 heavy (non-hydrogen) atoms. The van der Waals surface area contributed by atoms with Crippen molar-refractivity contribution >= 4 is 34.4 Å². The molecule has 186 valence electrons. The first kappa shape index (κ1) is 25.2. The van der Waals surface area contributed by atoms with Crippen LogP contribution in [0.4, 0.5) is 0 Å². The van der Waals surface area contributed by atoms with Crippen molar-refractivity contribution in [2.75, 3.05) is 14.2 Å². The molecule has 2 N–H and O–H groups in total. The van der Waals surface area contributed by atoms with Crippen LogP contribution in [-0.4, -0.2) is 42.3 Å². The van der Waals surface area contributed by atoms with Gasteiger partial charge in [-0.05, 0) is 23.8 Å². The van der Waals surface area contributed by atoms with Crippen LogP contribution in [-0.2, 0) is 25.6 Å². The largest absolute Gasteiger partial charge is 0.469 e. The van der Waals surface area contributed by atoms with Crippen LogP contribution in [0.2, 0.25) is 5.02 Å². The number of benzene rings is 2. The fraction of sp³-hybridized carbons (Fsp3) is 0.231. The number of halogens is 1. The molecule has 0 radical (unpaired) electrons. The maximum atomic E-state index is 13.2. The highest BCUT2D eigenvalue weighted by atomic mass is 35.5. The van der Waals surface area contributed by atoms with Crippen molar-refractivity contribution in [3.8, 4) is 22.5 Å². The number of fused-ring (bicyclic) bond motifs is 1. The second-order valence-corrected chi connectivity index (χ2v) is 8.52. The summed E-state index contributed by atoms with van der Waals surface area (Å²) in [6.07, 6.45) is -0.0564. The van der Waals surface area contributed by atoms with E-state index < -0.39 is 18.0 Å².